The smallest absolute Gasteiger partial charge is 0.0481 e. The molecule has 0 radical (unpaired) electrons. The quantitative estimate of drug-likeness (QED) is 0.335. The molecule has 1 nitrogen and oxygen atoms in total. The zero-order valence-electron chi connectivity index (χ0n) is 17.5. The van der Waals surface area contributed by atoms with Crippen LogP contribution in [0.15, 0.2) is 53.1 Å². The predicted octanol–water partition coefficient (Wildman–Crippen LogP) is 7.31. The number of rotatable bonds is 10. The molecule has 0 amide bonds. The van der Waals surface area contributed by atoms with Gasteiger partial charge in [0.25, 0.3) is 0 Å². The summed E-state index contributed by atoms with van der Waals surface area (Å²) >= 11 is 6.72. The molecule has 0 spiro atoms. The largest absolute Gasteiger partial charge is 0.316 e. The second-order valence-electron chi connectivity index (χ2n) is 7.63. The van der Waals surface area contributed by atoms with E-state index in [1.54, 1.807) is 0 Å². The van der Waals surface area contributed by atoms with E-state index in [0.29, 0.717) is 11.8 Å². The Morgan fingerprint density at radius 2 is 1.85 bits per heavy atom. The van der Waals surface area contributed by atoms with Crippen LogP contribution in [0, 0.1) is 5.92 Å². The van der Waals surface area contributed by atoms with Crippen molar-refractivity contribution < 1.29 is 0 Å². The fraction of sp³-hybridized carbons (Fsp3) is 0.500. The third-order valence-corrected chi connectivity index (χ3v) is 5.08. The summed E-state index contributed by atoms with van der Waals surface area (Å²) in [5, 5.41) is 4.28. The minimum Gasteiger partial charge on any atom is -0.316 e. The Morgan fingerprint density at radius 3 is 2.42 bits per heavy atom. The van der Waals surface area contributed by atoms with E-state index < -0.39 is 0 Å². The maximum Gasteiger partial charge on any atom is 0.0481 e. The van der Waals surface area contributed by atoms with Gasteiger partial charge < -0.3 is 5.32 Å². The Balaban J connectivity index is 3.01. The summed E-state index contributed by atoms with van der Waals surface area (Å²) in [5.41, 5.74) is 5.93. The van der Waals surface area contributed by atoms with E-state index in [1.807, 2.05) is 0 Å². The summed E-state index contributed by atoms with van der Waals surface area (Å²) in [6.07, 6.45) is 4.55. The van der Waals surface area contributed by atoms with E-state index in [9.17, 15) is 0 Å². The van der Waals surface area contributed by atoms with Crippen molar-refractivity contribution >= 4 is 17.2 Å². The number of benzene rings is 1. The van der Waals surface area contributed by atoms with Crippen LogP contribution in [0.3, 0.4) is 0 Å². The van der Waals surface area contributed by atoms with Gasteiger partial charge in [-0.05, 0) is 67.0 Å². The van der Waals surface area contributed by atoms with Crippen LogP contribution in [-0.4, -0.2) is 13.1 Å². The van der Waals surface area contributed by atoms with Gasteiger partial charge in [0.15, 0.2) is 0 Å². The molecule has 1 aromatic rings. The van der Waals surface area contributed by atoms with E-state index in [2.05, 4.69) is 83.8 Å². The van der Waals surface area contributed by atoms with Crippen molar-refractivity contribution in [2.75, 3.05) is 13.1 Å². The zero-order chi connectivity index (χ0) is 19.7. The van der Waals surface area contributed by atoms with Crippen molar-refractivity contribution in [3.63, 3.8) is 0 Å². The summed E-state index contributed by atoms with van der Waals surface area (Å²) in [5.74, 6) is 0.857. The average molecular weight is 374 g/mol. The van der Waals surface area contributed by atoms with Gasteiger partial charge in [-0.1, -0.05) is 82.1 Å². The average Bonchev–Trinajstić information content (AvgIpc) is 2.61. The first-order valence-electron chi connectivity index (χ1n) is 9.83. The Morgan fingerprint density at radius 1 is 1.19 bits per heavy atom. The molecule has 0 aliphatic heterocycles. The van der Waals surface area contributed by atoms with Gasteiger partial charge >= 0.3 is 0 Å². The number of unbranched alkanes of at least 4 members (excludes halogenated alkanes) is 1. The van der Waals surface area contributed by atoms with Gasteiger partial charge in [-0.2, -0.15) is 0 Å². The number of halogens is 1. The molecule has 2 heteroatoms. The topological polar surface area (TPSA) is 12.0 Å². The summed E-state index contributed by atoms with van der Waals surface area (Å²) in [7, 11) is 0. The lowest BCUT2D eigenvalue weighted by atomic mass is 9.91. The summed E-state index contributed by atoms with van der Waals surface area (Å²) < 4.78 is 0. The van der Waals surface area contributed by atoms with E-state index in [0.717, 1.165) is 29.3 Å². The normalized spacial score (nSPS) is 13.0. The minimum atomic E-state index is 0.416. The van der Waals surface area contributed by atoms with E-state index in [4.69, 9.17) is 11.6 Å². The highest BCUT2D eigenvalue weighted by Crippen LogP contribution is 2.32. The summed E-state index contributed by atoms with van der Waals surface area (Å²) in [6, 6.07) is 8.41. The molecule has 0 aliphatic rings. The van der Waals surface area contributed by atoms with Gasteiger partial charge in [-0.25, -0.2) is 0 Å². The number of hydrogen-bond donors (Lipinski definition) is 1. The molecule has 0 aromatic heterocycles. The molecule has 0 heterocycles. The van der Waals surface area contributed by atoms with Gasteiger partial charge in [-0.15, -0.1) is 0 Å². The lowest BCUT2D eigenvalue weighted by Gasteiger charge is -2.18. The van der Waals surface area contributed by atoms with Crippen LogP contribution in [-0.2, 0) is 0 Å². The maximum atomic E-state index is 6.72. The third-order valence-electron chi connectivity index (χ3n) is 4.74. The second-order valence-corrected chi connectivity index (χ2v) is 8.03. The maximum absolute atomic E-state index is 6.72. The summed E-state index contributed by atoms with van der Waals surface area (Å²) in [6.45, 7) is 19.5. The van der Waals surface area contributed by atoms with Crippen LogP contribution in [0.25, 0.3) is 5.57 Å². The van der Waals surface area contributed by atoms with E-state index in [-0.39, 0.29) is 0 Å². The first kappa shape index (κ1) is 22.7. The molecule has 1 N–H and O–H groups in total. The van der Waals surface area contributed by atoms with Gasteiger partial charge in [-0.3, -0.25) is 0 Å². The molecule has 0 aliphatic carbocycles. The fourth-order valence-electron chi connectivity index (χ4n) is 3.14. The van der Waals surface area contributed by atoms with Gasteiger partial charge in [0.05, 0.1) is 0 Å². The first-order chi connectivity index (χ1) is 12.3. The molecule has 1 atom stereocenters. The van der Waals surface area contributed by atoms with Crippen LogP contribution in [0.5, 0.6) is 0 Å². The lowest BCUT2D eigenvalue weighted by Crippen LogP contribution is -2.23. The SMILES string of the molecule is C=C(/C(Cl)=C\C(=C(C)C)C(C)CNCCCC)c1ccccc1C(C)C. The number of hydrogen-bond acceptors (Lipinski definition) is 1. The lowest BCUT2D eigenvalue weighted by molar-refractivity contribution is 0.560. The zero-order valence-corrected chi connectivity index (χ0v) is 18.2. The van der Waals surface area contributed by atoms with Gasteiger partial charge in [0.1, 0.15) is 0 Å². The van der Waals surface area contributed by atoms with Crippen LogP contribution in [0.4, 0.5) is 0 Å². The highest BCUT2D eigenvalue weighted by atomic mass is 35.5. The Labute approximate surface area is 166 Å². The fourth-order valence-corrected chi connectivity index (χ4v) is 3.36. The Hall–Kier alpha value is -1.31. The number of nitrogens with one attached hydrogen (secondary N) is 1. The van der Waals surface area contributed by atoms with E-state index in [1.165, 1.54) is 29.6 Å². The molecule has 144 valence electrons. The van der Waals surface area contributed by atoms with Crippen LogP contribution in [0.1, 0.15) is 71.4 Å². The van der Waals surface area contributed by atoms with Gasteiger partial charge in [0.2, 0.25) is 0 Å². The van der Waals surface area contributed by atoms with Crippen molar-refractivity contribution in [3.8, 4) is 0 Å². The Kier molecular flexibility index (Phi) is 9.98. The molecule has 0 saturated heterocycles. The van der Waals surface area contributed by atoms with Crippen LogP contribution in [0.2, 0.25) is 0 Å². The van der Waals surface area contributed by atoms with Crippen molar-refractivity contribution in [2.45, 2.75) is 60.3 Å². The van der Waals surface area contributed by atoms with Crippen LogP contribution < -0.4 is 5.32 Å². The molecule has 0 fully saturated rings. The molecule has 1 unspecified atom stereocenters. The molecule has 1 rings (SSSR count). The predicted molar refractivity (Wildman–Crippen MR) is 119 cm³/mol. The monoisotopic (exact) mass is 373 g/mol. The van der Waals surface area contributed by atoms with Crippen molar-refractivity contribution in [1.82, 2.24) is 5.32 Å². The second kappa shape index (κ2) is 11.4. The highest BCUT2D eigenvalue weighted by Gasteiger charge is 2.14. The standard InChI is InChI=1S/C24H36ClN/c1-8-9-14-26-16-19(6)23(18(4)5)15-24(25)20(7)22-13-11-10-12-21(22)17(2)3/h10-13,15,17,19,26H,7-9,14,16H2,1-6H3/b24-15+. The van der Waals surface area contributed by atoms with Gasteiger partial charge in [0, 0.05) is 11.6 Å². The van der Waals surface area contributed by atoms with E-state index >= 15 is 0 Å². The molecule has 1 aromatic carbocycles. The van der Waals surface area contributed by atoms with Crippen molar-refractivity contribution in [3.05, 3.63) is 64.2 Å². The molecule has 0 bridgehead atoms. The third kappa shape index (κ3) is 6.78. The molecular formula is C24H36ClN. The van der Waals surface area contributed by atoms with Crippen molar-refractivity contribution in [2.24, 2.45) is 5.92 Å². The summed E-state index contributed by atoms with van der Waals surface area (Å²) in [4.78, 5) is 0. The molecular weight excluding hydrogens is 338 g/mol. The Bertz CT molecular complexity index is 648. The number of allylic oxidation sites excluding steroid dienone is 4. The molecule has 26 heavy (non-hydrogen) atoms. The van der Waals surface area contributed by atoms with Crippen molar-refractivity contribution in [1.29, 1.82) is 0 Å². The minimum absolute atomic E-state index is 0.416. The molecule has 0 saturated carbocycles. The first-order valence-corrected chi connectivity index (χ1v) is 10.2. The highest BCUT2D eigenvalue weighted by molar-refractivity contribution is 6.37. The van der Waals surface area contributed by atoms with Crippen LogP contribution >= 0.6 is 11.6 Å².